The van der Waals surface area contributed by atoms with Gasteiger partial charge in [-0.15, -0.1) is 0 Å². The van der Waals surface area contributed by atoms with Gasteiger partial charge in [0.25, 0.3) is 0 Å². The van der Waals surface area contributed by atoms with Crippen molar-refractivity contribution in [1.29, 1.82) is 0 Å². The first-order valence-electron chi connectivity index (χ1n) is 5.91. The number of hydrogen-bond donors (Lipinski definition) is 1. The Bertz CT molecular complexity index is 740. The summed E-state index contributed by atoms with van der Waals surface area (Å²) in [6.45, 7) is 0. The molecule has 19 heavy (non-hydrogen) atoms. The van der Waals surface area contributed by atoms with Crippen LogP contribution in [0, 0.1) is 0 Å². The van der Waals surface area contributed by atoms with Gasteiger partial charge in [-0.1, -0.05) is 6.07 Å². The summed E-state index contributed by atoms with van der Waals surface area (Å²) in [6, 6.07) is 11.6. The number of nitrogen functional groups attached to an aromatic ring is 1. The molecule has 0 radical (unpaired) electrons. The van der Waals surface area contributed by atoms with Crippen molar-refractivity contribution < 1.29 is 4.74 Å². The molecule has 2 aromatic carbocycles. The molecule has 0 saturated heterocycles. The molecule has 0 atom stereocenters. The van der Waals surface area contributed by atoms with Crippen molar-refractivity contribution in [3.63, 3.8) is 0 Å². The van der Waals surface area contributed by atoms with E-state index in [-0.39, 0.29) is 0 Å². The Morgan fingerprint density at radius 3 is 2.84 bits per heavy atom. The van der Waals surface area contributed by atoms with E-state index in [1.54, 1.807) is 19.6 Å². The second-order valence-electron chi connectivity index (χ2n) is 4.26. The zero-order valence-corrected chi connectivity index (χ0v) is 10.5. The van der Waals surface area contributed by atoms with Gasteiger partial charge in [-0.2, -0.15) is 0 Å². The highest BCUT2D eigenvalue weighted by atomic mass is 16.5. The molecule has 0 aliphatic heterocycles. The van der Waals surface area contributed by atoms with E-state index in [0.29, 0.717) is 5.69 Å². The van der Waals surface area contributed by atoms with E-state index in [1.165, 1.54) is 0 Å². The van der Waals surface area contributed by atoms with Gasteiger partial charge in [0, 0.05) is 22.8 Å². The summed E-state index contributed by atoms with van der Waals surface area (Å²) in [7, 11) is 1.65. The van der Waals surface area contributed by atoms with Crippen molar-refractivity contribution >= 4 is 16.6 Å². The number of fused-ring (bicyclic) bond motifs is 1. The van der Waals surface area contributed by atoms with Gasteiger partial charge < -0.3 is 10.5 Å². The third-order valence-electron chi connectivity index (χ3n) is 3.04. The van der Waals surface area contributed by atoms with Gasteiger partial charge >= 0.3 is 0 Å². The number of aromatic nitrogens is 2. The van der Waals surface area contributed by atoms with Crippen molar-refractivity contribution in [2.24, 2.45) is 0 Å². The first-order chi connectivity index (χ1) is 9.28. The van der Waals surface area contributed by atoms with E-state index < -0.39 is 0 Å². The number of hydrogen-bond acceptors (Lipinski definition) is 4. The first kappa shape index (κ1) is 11.5. The van der Waals surface area contributed by atoms with Gasteiger partial charge in [0.1, 0.15) is 12.1 Å². The average Bonchev–Trinajstić information content (AvgIpc) is 2.46. The minimum absolute atomic E-state index is 0.709. The Morgan fingerprint density at radius 2 is 2.00 bits per heavy atom. The Kier molecular flexibility index (Phi) is 2.76. The molecular formula is C15H13N3O. The van der Waals surface area contributed by atoms with Gasteiger partial charge in [0.15, 0.2) is 0 Å². The van der Waals surface area contributed by atoms with Crippen molar-refractivity contribution in [3.8, 4) is 16.9 Å². The van der Waals surface area contributed by atoms with Crippen LogP contribution in [0.4, 0.5) is 5.69 Å². The molecule has 0 fully saturated rings. The average molecular weight is 251 g/mol. The third kappa shape index (κ3) is 2.08. The highest BCUT2D eigenvalue weighted by Crippen LogP contribution is 2.32. The number of nitrogens with zero attached hydrogens (tertiary/aromatic N) is 2. The molecule has 0 aliphatic rings. The lowest BCUT2D eigenvalue weighted by Gasteiger charge is -2.10. The topological polar surface area (TPSA) is 61.0 Å². The number of nitrogens with two attached hydrogens (primary N) is 1. The number of ether oxygens (including phenoxy) is 1. The van der Waals surface area contributed by atoms with Crippen LogP contribution in [0.25, 0.3) is 22.0 Å². The predicted octanol–water partition coefficient (Wildman–Crippen LogP) is 2.89. The highest BCUT2D eigenvalue weighted by molar-refractivity contribution is 5.85. The number of benzene rings is 2. The fourth-order valence-electron chi connectivity index (χ4n) is 2.10. The molecule has 94 valence electrons. The lowest BCUT2D eigenvalue weighted by atomic mass is 10.0. The normalized spacial score (nSPS) is 10.6. The van der Waals surface area contributed by atoms with Gasteiger partial charge in [0.05, 0.1) is 12.6 Å². The smallest absolute Gasteiger partial charge is 0.126 e. The van der Waals surface area contributed by atoms with E-state index in [9.17, 15) is 0 Å². The van der Waals surface area contributed by atoms with Crippen LogP contribution in [0.15, 0.2) is 48.9 Å². The van der Waals surface area contributed by atoms with Crippen molar-refractivity contribution in [2.45, 2.75) is 0 Å². The van der Waals surface area contributed by atoms with Crippen molar-refractivity contribution in [1.82, 2.24) is 9.97 Å². The maximum Gasteiger partial charge on any atom is 0.126 e. The quantitative estimate of drug-likeness (QED) is 0.711. The lowest BCUT2D eigenvalue weighted by Crippen LogP contribution is -1.91. The Morgan fingerprint density at radius 1 is 1.11 bits per heavy atom. The molecule has 3 rings (SSSR count). The second kappa shape index (κ2) is 4.57. The Labute approximate surface area is 110 Å². The minimum Gasteiger partial charge on any atom is -0.496 e. The molecule has 0 spiro atoms. The summed E-state index contributed by atoms with van der Waals surface area (Å²) < 4.78 is 5.38. The lowest BCUT2D eigenvalue weighted by molar-refractivity contribution is 0.416. The Balaban J connectivity index is 2.21. The van der Waals surface area contributed by atoms with E-state index in [1.807, 2.05) is 36.4 Å². The van der Waals surface area contributed by atoms with Crippen LogP contribution in [0.5, 0.6) is 5.75 Å². The summed E-state index contributed by atoms with van der Waals surface area (Å²) in [5.74, 6) is 0.797. The first-order valence-corrected chi connectivity index (χ1v) is 5.91. The van der Waals surface area contributed by atoms with Crippen LogP contribution < -0.4 is 10.5 Å². The van der Waals surface area contributed by atoms with E-state index in [2.05, 4.69) is 9.97 Å². The molecule has 4 nitrogen and oxygen atoms in total. The molecule has 0 unspecified atom stereocenters. The third-order valence-corrected chi connectivity index (χ3v) is 3.04. The molecule has 0 bridgehead atoms. The molecule has 0 aliphatic carbocycles. The molecule has 4 heteroatoms. The van der Waals surface area contributed by atoms with Gasteiger partial charge in [-0.25, -0.2) is 9.97 Å². The van der Waals surface area contributed by atoms with Crippen molar-refractivity contribution in [3.05, 3.63) is 48.9 Å². The summed E-state index contributed by atoms with van der Waals surface area (Å²) in [4.78, 5) is 8.25. The van der Waals surface area contributed by atoms with Crippen LogP contribution in [0.2, 0.25) is 0 Å². The maximum absolute atomic E-state index is 5.85. The second-order valence-corrected chi connectivity index (χ2v) is 4.26. The zero-order valence-electron chi connectivity index (χ0n) is 10.5. The highest BCUT2D eigenvalue weighted by Gasteiger charge is 2.07. The van der Waals surface area contributed by atoms with Crippen LogP contribution in [-0.4, -0.2) is 17.1 Å². The van der Waals surface area contributed by atoms with Crippen LogP contribution >= 0.6 is 0 Å². The summed E-state index contributed by atoms with van der Waals surface area (Å²) >= 11 is 0. The van der Waals surface area contributed by atoms with Gasteiger partial charge in [0.2, 0.25) is 0 Å². The SMILES string of the molecule is COc1ccc(N)cc1-c1ccc2ncncc2c1. The van der Waals surface area contributed by atoms with Crippen LogP contribution in [0.3, 0.4) is 0 Å². The summed E-state index contributed by atoms with van der Waals surface area (Å²) in [5, 5.41) is 0.990. The number of anilines is 1. The van der Waals surface area contributed by atoms with E-state index in [4.69, 9.17) is 10.5 Å². The van der Waals surface area contributed by atoms with Crippen LogP contribution in [-0.2, 0) is 0 Å². The number of methoxy groups -OCH3 is 1. The Hall–Kier alpha value is -2.62. The monoisotopic (exact) mass is 251 g/mol. The number of rotatable bonds is 2. The largest absolute Gasteiger partial charge is 0.496 e. The van der Waals surface area contributed by atoms with Gasteiger partial charge in [-0.05, 0) is 35.9 Å². The van der Waals surface area contributed by atoms with Crippen molar-refractivity contribution in [2.75, 3.05) is 12.8 Å². The standard InChI is InChI=1S/C15H13N3O/c1-19-15-5-3-12(16)7-13(15)10-2-4-14-11(6-10)8-17-9-18-14/h2-9H,16H2,1H3. The fourth-order valence-corrected chi connectivity index (χ4v) is 2.10. The summed E-state index contributed by atoms with van der Waals surface area (Å²) in [5.41, 5.74) is 9.48. The molecule has 0 saturated carbocycles. The van der Waals surface area contributed by atoms with Gasteiger partial charge in [-0.3, -0.25) is 0 Å². The fraction of sp³-hybridized carbons (Fsp3) is 0.0667. The maximum atomic E-state index is 5.85. The van der Waals surface area contributed by atoms with E-state index >= 15 is 0 Å². The molecule has 2 N–H and O–H groups in total. The molecule has 3 aromatic rings. The molecule has 1 aromatic heterocycles. The summed E-state index contributed by atoms with van der Waals surface area (Å²) in [6.07, 6.45) is 3.34. The van der Waals surface area contributed by atoms with Crippen LogP contribution in [0.1, 0.15) is 0 Å². The van der Waals surface area contributed by atoms with E-state index in [0.717, 1.165) is 27.8 Å². The molecule has 1 heterocycles. The molecule has 0 amide bonds. The zero-order chi connectivity index (χ0) is 13.2. The predicted molar refractivity (Wildman–Crippen MR) is 75.9 cm³/mol. The minimum atomic E-state index is 0.709. The molecular weight excluding hydrogens is 238 g/mol.